The number of aromatic carboxylic acids is 2. The molecule has 0 spiro atoms. The Labute approximate surface area is 205 Å². The SMILES string of the molecule is CCOc1cc(-c2cc(OCC)c(C(=O)O)c3cc(Cl)ccc23)c2ccc(Cl)cc2c1C(=O)O. The summed E-state index contributed by atoms with van der Waals surface area (Å²) in [5, 5.41) is 22.7. The molecule has 34 heavy (non-hydrogen) atoms. The summed E-state index contributed by atoms with van der Waals surface area (Å²) >= 11 is 12.4. The second kappa shape index (κ2) is 9.41. The summed E-state index contributed by atoms with van der Waals surface area (Å²) in [4.78, 5) is 24.3. The van der Waals surface area contributed by atoms with Gasteiger partial charge in [0, 0.05) is 20.8 Å². The fourth-order valence-corrected chi connectivity index (χ4v) is 4.51. The van der Waals surface area contributed by atoms with Gasteiger partial charge in [0.25, 0.3) is 0 Å². The van der Waals surface area contributed by atoms with Crippen LogP contribution in [0.3, 0.4) is 0 Å². The molecule has 174 valence electrons. The van der Waals surface area contributed by atoms with Crippen LogP contribution in [0.5, 0.6) is 11.5 Å². The maximum absolute atomic E-state index is 12.2. The number of hydrogen-bond donors (Lipinski definition) is 2. The Balaban J connectivity index is 2.21. The fourth-order valence-electron chi connectivity index (χ4n) is 4.17. The van der Waals surface area contributed by atoms with E-state index in [-0.39, 0.29) is 35.8 Å². The lowest BCUT2D eigenvalue weighted by Gasteiger charge is -2.19. The van der Waals surface area contributed by atoms with Crippen molar-refractivity contribution < 1.29 is 29.3 Å². The molecule has 4 aromatic carbocycles. The molecule has 0 saturated carbocycles. The van der Waals surface area contributed by atoms with Crippen molar-refractivity contribution in [3.63, 3.8) is 0 Å². The standard InChI is InChI=1S/C26H20Cl2O6/c1-3-33-21-11-17(15-7-5-13(27)9-19(15)23(21)25(29)30)18-12-22(34-4-2)24(26(31)32)20-10-14(28)6-8-16(18)20/h5-12H,3-4H2,1-2H3,(H,29,30)(H,31,32). The van der Waals surface area contributed by atoms with Crippen LogP contribution in [-0.4, -0.2) is 35.4 Å². The number of carboxylic acid groups (broad SMARTS) is 2. The van der Waals surface area contributed by atoms with Crippen LogP contribution in [0.1, 0.15) is 34.6 Å². The highest BCUT2D eigenvalue weighted by Crippen LogP contribution is 2.44. The van der Waals surface area contributed by atoms with Gasteiger partial charge in [-0.05, 0) is 72.1 Å². The summed E-state index contributed by atoms with van der Waals surface area (Å²) in [6.45, 7) is 4.04. The summed E-state index contributed by atoms with van der Waals surface area (Å²) in [5.74, 6) is -1.92. The number of fused-ring (bicyclic) bond motifs is 2. The third-order valence-electron chi connectivity index (χ3n) is 5.44. The number of carboxylic acids is 2. The molecule has 0 fully saturated rings. The van der Waals surface area contributed by atoms with Gasteiger partial charge < -0.3 is 19.7 Å². The minimum Gasteiger partial charge on any atom is -0.493 e. The van der Waals surface area contributed by atoms with Crippen molar-refractivity contribution in [1.82, 2.24) is 0 Å². The maximum atomic E-state index is 12.2. The first-order chi connectivity index (χ1) is 16.3. The van der Waals surface area contributed by atoms with Crippen molar-refractivity contribution in [2.75, 3.05) is 13.2 Å². The van der Waals surface area contributed by atoms with Gasteiger partial charge >= 0.3 is 11.9 Å². The topological polar surface area (TPSA) is 93.1 Å². The molecule has 0 aliphatic heterocycles. The molecule has 2 N–H and O–H groups in total. The molecule has 0 radical (unpaired) electrons. The van der Waals surface area contributed by atoms with Crippen LogP contribution in [0, 0.1) is 0 Å². The summed E-state index contributed by atoms with van der Waals surface area (Å²) < 4.78 is 11.4. The molecule has 0 aliphatic rings. The number of hydrogen-bond acceptors (Lipinski definition) is 4. The number of benzene rings is 4. The third-order valence-corrected chi connectivity index (χ3v) is 5.91. The predicted octanol–water partition coefficient (Wildman–Crippen LogP) is 7.16. The van der Waals surface area contributed by atoms with Gasteiger partial charge in [-0.2, -0.15) is 0 Å². The lowest BCUT2D eigenvalue weighted by molar-refractivity contribution is 0.0683. The third kappa shape index (κ3) is 4.11. The highest BCUT2D eigenvalue weighted by molar-refractivity contribution is 6.32. The van der Waals surface area contributed by atoms with Crippen molar-refractivity contribution >= 4 is 56.7 Å². The molecule has 4 aromatic rings. The van der Waals surface area contributed by atoms with Crippen LogP contribution < -0.4 is 9.47 Å². The fraction of sp³-hybridized carbons (Fsp3) is 0.154. The molecule has 0 saturated heterocycles. The Morgan fingerprint density at radius 3 is 1.38 bits per heavy atom. The summed E-state index contributed by atoms with van der Waals surface area (Å²) in [6, 6.07) is 13.3. The van der Waals surface area contributed by atoms with E-state index >= 15 is 0 Å². The normalized spacial score (nSPS) is 11.1. The highest BCUT2D eigenvalue weighted by Gasteiger charge is 2.24. The first-order valence-electron chi connectivity index (χ1n) is 10.5. The van der Waals surface area contributed by atoms with Crippen molar-refractivity contribution in [1.29, 1.82) is 0 Å². The van der Waals surface area contributed by atoms with Crippen LogP contribution >= 0.6 is 23.2 Å². The predicted molar refractivity (Wildman–Crippen MR) is 133 cm³/mol. The first kappa shape index (κ1) is 23.7. The van der Waals surface area contributed by atoms with Gasteiger partial charge in [-0.25, -0.2) is 9.59 Å². The van der Waals surface area contributed by atoms with Crippen LogP contribution in [0.2, 0.25) is 10.0 Å². The van der Waals surface area contributed by atoms with Crippen molar-refractivity contribution in [2.24, 2.45) is 0 Å². The van der Waals surface area contributed by atoms with E-state index in [0.29, 0.717) is 42.7 Å². The molecule has 0 unspecified atom stereocenters. The van der Waals surface area contributed by atoms with Gasteiger partial charge in [-0.1, -0.05) is 35.3 Å². The molecule has 8 heteroatoms. The van der Waals surface area contributed by atoms with E-state index < -0.39 is 11.9 Å². The smallest absolute Gasteiger partial charge is 0.340 e. The second-order valence-corrected chi connectivity index (χ2v) is 8.32. The van der Waals surface area contributed by atoms with Crippen molar-refractivity contribution in [3.8, 4) is 22.6 Å². The van der Waals surface area contributed by atoms with Crippen LogP contribution in [-0.2, 0) is 0 Å². The number of rotatable bonds is 7. The first-order valence-corrected chi connectivity index (χ1v) is 11.3. The van der Waals surface area contributed by atoms with E-state index in [1.165, 1.54) is 0 Å². The number of ether oxygens (including phenoxy) is 2. The van der Waals surface area contributed by atoms with E-state index in [4.69, 9.17) is 32.7 Å². The van der Waals surface area contributed by atoms with Gasteiger partial charge in [-0.15, -0.1) is 0 Å². The molecule has 6 nitrogen and oxygen atoms in total. The van der Waals surface area contributed by atoms with Gasteiger partial charge in [-0.3, -0.25) is 0 Å². The minimum atomic E-state index is -1.14. The molecule has 0 atom stereocenters. The van der Waals surface area contributed by atoms with Gasteiger partial charge in [0.15, 0.2) is 0 Å². The van der Waals surface area contributed by atoms with Crippen LogP contribution in [0.4, 0.5) is 0 Å². The molecule has 0 bridgehead atoms. The molecule has 0 heterocycles. The molecular formula is C26H20Cl2O6. The lowest BCUT2D eigenvalue weighted by atomic mass is 9.89. The molecule has 0 amide bonds. The average Bonchev–Trinajstić information content (AvgIpc) is 2.77. The van der Waals surface area contributed by atoms with Crippen LogP contribution in [0.25, 0.3) is 32.7 Å². The second-order valence-electron chi connectivity index (χ2n) is 7.45. The zero-order valence-corrected chi connectivity index (χ0v) is 19.8. The minimum absolute atomic E-state index is 0.00244. The maximum Gasteiger partial charge on any atom is 0.340 e. The largest absolute Gasteiger partial charge is 0.493 e. The Kier molecular flexibility index (Phi) is 6.55. The number of carbonyl (C=O) groups is 2. The molecule has 4 rings (SSSR count). The van der Waals surface area contributed by atoms with E-state index in [2.05, 4.69) is 0 Å². The molecule has 0 aliphatic carbocycles. The monoisotopic (exact) mass is 498 g/mol. The Hall–Kier alpha value is -3.48. The van der Waals surface area contributed by atoms with Crippen molar-refractivity contribution in [2.45, 2.75) is 13.8 Å². The summed E-state index contributed by atoms with van der Waals surface area (Å²) in [7, 11) is 0. The van der Waals surface area contributed by atoms with E-state index in [1.54, 1.807) is 62.4 Å². The highest BCUT2D eigenvalue weighted by atomic mass is 35.5. The van der Waals surface area contributed by atoms with E-state index in [9.17, 15) is 19.8 Å². The van der Waals surface area contributed by atoms with Gasteiger partial charge in [0.2, 0.25) is 0 Å². The quantitative estimate of drug-likeness (QED) is 0.280. The Morgan fingerprint density at radius 2 is 1.06 bits per heavy atom. The van der Waals surface area contributed by atoms with Crippen molar-refractivity contribution in [3.05, 3.63) is 69.7 Å². The Morgan fingerprint density at radius 1 is 0.676 bits per heavy atom. The van der Waals surface area contributed by atoms with Gasteiger partial charge in [0.1, 0.15) is 22.6 Å². The van der Waals surface area contributed by atoms with E-state index in [0.717, 1.165) is 0 Å². The van der Waals surface area contributed by atoms with E-state index in [1.807, 2.05) is 0 Å². The summed E-state index contributed by atoms with van der Waals surface area (Å²) in [6.07, 6.45) is 0. The molecule has 0 aromatic heterocycles. The zero-order chi connectivity index (χ0) is 24.6. The van der Waals surface area contributed by atoms with Crippen LogP contribution in [0.15, 0.2) is 48.5 Å². The number of halogens is 2. The zero-order valence-electron chi connectivity index (χ0n) is 18.3. The average molecular weight is 499 g/mol. The lowest BCUT2D eigenvalue weighted by Crippen LogP contribution is -2.06. The Bertz CT molecular complexity index is 1350. The summed E-state index contributed by atoms with van der Waals surface area (Å²) in [5.41, 5.74) is 1.29. The molecular weight excluding hydrogens is 479 g/mol. The van der Waals surface area contributed by atoms with Gasteiger partial charge in [0.05, 0.1) is 13.2 Å².